The smallest absolute Gasteiger partial charge is 0.320 e. The number of piperidine rings is 1. The number of anilines is 1. The number of carboxylic acid groups (broad SMARTS) is 1. The zero-order valence-electron chi connectivity index (χ0n) is 9.39. The first kappa shape index (κ1) is 10.5. The molecule has 7 nitrogen and oxygen atoms in total. The second-order valence-corrected chi connectivity index (χ2v) is 4.48. The molecular weight excluding hydrogens is 222 g/mol. The summed E-state index contributed by atoms with van der Waals surface area (Å²) in [6.07, 6.45) is 2.47. The van der Waals surface area contributed by atoms with Crippen LogP contribution in [0.15, 0.2) is 0 Å². The molecule has 0 spiro atoms. The van der Waals surface area contributed by atoms with Crippen molar-refractivity contribution >= 4 is 11.9 Å². The molecule has 0 radical (unpaired) electrons. The number of hydrogen-bond acceptors (Lipinski definition) is 5. The number of aromatic nitrogens is 3. The Labute approximate surface area is 98.2 Å². The number of hydrogen-bond donors (Lipinski definition) is 3. The molecule has 0 amide bonds. The molecule has 1 aromatic rings. The fourth-order valence-corrected chi connectivity index (χ4v) is 2.40. The van der Waals surface area contributed by atoms with Crippen LogP contribution in [-0.2, 0) is 11.3 Å². The van der Waals surface area contributed by atoms with E-state index in [0.29, 0.717) is 12.2 Å². The summed E-state index contributed by atoms with van der Waals surface area (Å²) in [6, 6.07) is -0.509. The molecular formula is C10H15N5O2. The third-order valence-electron chi connectivity index (χ3n) is 3.29. The standard InChI is InChI=1S/C10H15N5O2/c16-9(17)7-3-1-2-6(12-7)8-13-10-11-4-5-15(10)14-8/h6-7,12H,1-5H2,(H,16,17)(H,11,13,14). The van der Waals surface area contributed by atoms with Gasteiger partial charge in [-0.3, -0.25) is 10.1 Å². The SMILES string of the molecule is O=C(O)C1CCCC(c2nc3n(n2)CCN3)N1. The highest BCUT2D eigenvalue weighted by Crippen LogP contribution is 2.25. The van der Waals surface area contributed by atoms with Crippen LogP contribution in [0.5, 0.6) is 0 Å². The van der Waals surface area contributed by atoms with Crippen LogP contribution in [-0.4, -0.2) is 38.4 Å². The molecule has 92 valence electrons. The van der Waals surface area contributed by atoms with Gasteiger partial charge in [-0.1, -0.05) is 0 Å². The van der Waals surface area contributed by atoms with Crippen LogP contribution >= 0.6 is 0 Å². The summed E-state index contributed by atoms with van der Waals surface area (Å²) in [4.78, 5) is 15.3. The average Bonchev–Trinajstić information content (AvgIpc) is 2.89. The van der Waals surface area contributed by atoms with E-state index < -0.39 is 12.0 Å². The van der Waals surface area contributed by atoms with E-state index in [1.165, 1.54) is 0 Å². The Hall–Kier alpha value is -1.63. The van der Waals surface area contributed by atoms with Gasteiger partial charge in [0.1, 0.15) is 6.04 Å². The molecule has 3 rings (SSSR count). The second-order valence-electron chi connectivity index (χ2n) is 4.48. The Kier molecular flexibility index (Phi) is 2.47. The summed E-state index contributed by atoms with van der Waals surface area (Å²) >= 11 is 0. The minimum absolute atomic E-state index is 0.0373. The number of aliphatic carboxylic acids is 1. The summed E-state index contributed by atoms with van der Waals surface area (Å²) in [7, 11) is 0. The van der Waals surface area contributed by atoms with Gasteiger partial charge in [0.25, 0.3) is 0 Å². The molecule has 17 heavy (non-hydrogen) atoms. The summed E-state index contributed by atoms with van der Waals surface area (Å²) in [6.45, 7) is 1.70. The van der Waals surface area contributed by atoms with Crippen molar-refractivity contribution in [1.82, 2.24) is 20.1 Å². The zero-order valence-corrected chi connectivity index (χ0v) is 9.39. The van der Waals surface area contributed by atoms with E-state index in [9.17, 15) is 4.79 Å². The van der Waals surface area contributed by atoms with Gasteiger partial charge in [0.15, 0.2) is 5.82 Å². The zero-order chi connectivity index (χ0) is 11.8. The van der Waals surface area contributed by atoms with Gasteiger partial charge in [0.05, 0.1) is 12.6 Å². The van der Waals surface area contributed by atoms with Gasteiger partial charge in [0.2, 0.25) is 5.95 Å². The lowest BCUT2D eigenvalue weighted by atomic mass is 9.98. The highest BCUT2D eigenvalue weighted by Gasteiger charge is 2.30. The number of nitrogens with one attached hydrogen (secondary N) is 2. The minimum atomic E-state index is -0.792. The normalized spacial score (nSPS) is 27.5. The molecule has 2 atom stereocenters. The van der Waals surface area contributed by atoms with Gasteiger partial charge in [0, 0.05) is 6.54 Å². The van der Waals surface area contributed by atoms with Gasteiger partial charge in [-0.2, -0.15) is 10.1 Å². The van der Waals surface area contributed by atoms with E-state index >= 15 is 0 Å². The lowest BCUT2D eigenvalue weighted by Crippen LogP contribution is -2.42. The van der Waals surface area contributed by atoms with E-state index in [2.05, 4.69) is 20.7 Å². The summed E-state index contributed by atoms with van der Waals surface area (Å²) in [5.74, 6) is 0.706. The fraction of sp³-hybridized carbons (Fsp3) is 0.700. The van der Waals surface area contributed by atoms with Gasteiger partial charge >= 0.3 is 5.97 Å². The topological polar surface area (TPSA) is 92.1 Å². The van der Waals surface area contributed by atoms with Crippen molar-refractivity contribution < 1.29 is 9.90 Å². The van der Waals surface area contributed by atoms with Gasteiger partial charge in [-0.15, -0.1) is 0 Å². The lowest BCUT2D eigenvalue weighted by Gasteiger charge is -2.26. The maximum atomic E-state index is 10.9. The van der Waals surface area contributed by atoms with Crippen molar-refractivity contribution in [3.63, 3.8) is 0 Å². The van der Waals surface area contributed by atoms with Crippen molar-refractivity contribution in [2.24, 2.45) is 0 Å². The van der Waals surface area contributed by atoms with Crippen LogP contribution < -0.4 is 10.6 Å². The molecule has 1 saturated heterocycles. The van der Waals surface area contributed by atoms with Crippen LogP contribution in [0, 0.1) is 0 Å². The molecule has 2 aliphatic rings. The highest BCUT2D eigenvalue weighted by atomic mass is 16.4. The fourth-order valence-electron chi connectivity index (χ4n) is 2.40. The van der Waals surface area contributed by atoms with Gasteiger partial charge < -0.3 is 10.4 Å². The molecule has 3 heterocycles. The number of rotatable bonds is 2. The molecule has 7 heteroatoms. The largest absolute Gasteiger partial charge is 0.480 e. The van der Waals surface area contributed by atoms with Gasteiger partial charge in [-0.05, 0) is 19.3 Å². The molecule has 0 bridgehead atoms. The molecule has 2 unspecified atom stereocenters. The molecule has 1 fully saturated rings. The van der Waals surface area contributed by atoms with Crippen molar-refractivity contribution in [1.29, 1.82) is 0 Å². The maximum Gasteiger partial charge on any atom is 0.320 e. The Morgan fingerprint density at radius 3 is 3.12 bits per heavy atom. The predicted molar refractivity (Wildman–Crippen MR) is 59.7 cm³/mol. The van der Waals surface area contributed by atoms with Crippen LogP contribution in [0.25, 0.3) is 0 Å². The molecule has 0 aliphatic carbocycles. The quantitative estimate of drug-likeness (QED) is 0.669. The number of carbonyl (C=O) groups is 1. The van der Waals surface area contributed by atoms with Crippen LogP contribution in [0.4, 0.5) is 5.95 Å². The summed E-state index contributed by atoms with van der Waals surface area (Å²) in [5.41, 5.74) is 0. The monoisotopic (exact) mass is 237 g/mol. The first-order valence-electron chi connectivity index (χ1n) is 5.91. The highest BCUT2D eigenvalue weighted by molar-refractivity contribution is 5.73. The van der Waals surface area contributed by atoms with E-state index in [-0.39, 0.29) is 6.04 Å². The molecule has 1 aromatic heterocycles. The first-order valence-corrected chi connectivity index (χ1v) is 5.91. The van der Waals surface area contributed by atoms with E-state index in [0.717, 1.165) is 31.9 Å². The van der Waals surface area contributed by atoms with E-state index in [4.69, 9.17) is 5.11 Å². The lowest BCUT2D eigenvalue weighted by molar-refractivity contribution is -0.140. The molecule has 2 aliphatic heterocycles. The van der Waals surface area contributed by atoms with E-state index in [1.807, 2.05) is 4.68 Å². The summed E-state index contributed by atoms with van der Waals surface area (Å²) < 4.78 is 1.83. The Balaban J connectivity index is 1.76. The third kappa shape index (κ3) is 1.86. The minimum Gasteiger partial charge on any atom is -0.480 e. The van der Waals surface area contributed by atoms with Crippen LogP contribution in [0.3, 0.4) is 0 Å². The molecule has 0 aromatic carbocycles. The van der Waals surface area contributed by atoms with Crippen LogP contribution in [0.1, 0.15) is 31.1 Å². The predicted octanol–water partition coefficient (Wildman–Crippen LogP) is -0.0286. The molecule has 3 N–H and O–H groups in total. The Morgan fingerprint density at radius 2 is 2.35 bits per heavy atom. The second kappa shape index (κ2) is 3.99. The Morgan fingerprint density at radius 1 is 1.47 bits per heavy atom. The molecule has 0 saturated carbocycles. The number of nitrogens with zero attached hydrogens (tertiary/aromatic N) is 3. The average molecular weight is 237 g/mol. The number of fused-ring (bicyclic) bond motifs is 1. The van der Waals surface area contributed by atoms with Crippen molar-refractivity contribution in [3.8, 4) is 0 Å². The van der Waals surface area contributed by atoms with Crippen molar-refractivity contribution in [2.45, 2.75) is 37.9 Å². The third-order valence-corrected chi connectivity index (χ3v) is 3.29. The maximum absolute atomic E-state index is 10.9. The summed E-state index contributed by atoms with van der Waals surface area (Å²) in [5, 5.41) is 19.6. The van der Waals surface area contributed by atoms with E-state index in [1.54, 1.807) is 0 Å². The van der Waals surface area contributed by atoms with Crippen molar-refractivity contribution in [2.75, 3.05) is 11.9 Å². The first-order chi connectivity index (χ1) is 8.24. The van der Waals surface area contributed by atoms with Gasteiger partial charge in [-0.25, -0.2) is 4.68 Å². The Bertz CT molecular complexity index is 422. The number of carboxylic acids is 1. The van der Waals surface area contributed by atoms with Crippen molar-refractivity contribution in [3.05, 3.63) is 5.82 Å². The van der Waals surface area contributed by atoms with Crippen LogP contribution in [0.2, 0.25) is 0 Å².